The summed E-state index contributed by atoms with van der Waals surface area (Å²) in [5, 5.41) is 12.9. The van der Waals surface area contributed by atoms with Crippen LogP contribution in [-0.4, -0.2) is 39.5 Å². The highest BCUT2D eigenvalue weighted by Gasteiger charge is 2.29. The van der Waals surface area contributed by atoms with E-state index in [1.54, 1.807) is 17.8 Å². The number of carbonyl (C=O) groups excluding carboxylic acids is 2. The van der Waals surface area contributed by atoms with Crippen molar-refractivity contribution in [3.63, 3.8) is 0 Å². The number of allylic oxidation sites excluding steroid dienone is 1. The molecule has 0 saturated carbocycles. The Morgan fingerprint density at radius 1 is 1.28 bits per heavy atom. The second kappa shape index (κ2) is 12.1. The predicted octanol–water partition coefficient (Wildman–Crippen LogP) is 5.77. The van der Waals surface area contributed by atoms with Gasteiger partial charge in [0, 0.05) is 16.3 Å². The largest absolute Gasteiger partial charge is 0.465 e. The number of methoxy groups -OCH3 is 1. The van der Waals surface area contributed by atoms with Crippen LogP contribution in [0, 0.1) is 12.8 Å². The molecule has 0 spiro atoms. The normalized spacial score (nSPS) is 14.8. The number of thiophene rings is 1. The van der Waals surface area contributed by atoms with Gasteiger partial charge in [-0.05, 0) is 49.8 Å². The molecule has 1 aliphatic rings. The summed E-state index contributed by atoms with van der Waals surface area (Å²) < 4.78 is 7.01. The number of carbonyl (C=O) groups is 2. The average Bonchev–Trinajstić information content (AvgIpc) is 3.42. The van der Waals surface area contributed by atoms with E-state index in [-0.39, 0.29) is 11.7 Å². The fourth-order valence-electron chi connectivity index (χ4n) is 4.08. The van der Waals surface area contributed by atoms with Crippen LogP contribution in [0.1, 0.15) is 45.5 Å². The minimum Gasteiger partial charge on any atom is -0.465 e. The maximum Gasteiger partial charge on any atom is 0.341 e. The van der Waals surface area contributed by atoms with E-state index in [0.717, 1.165) is 35.5 Å². The van der Waals surface area contributed by atoms with Crippen LogP contribution in [0.2, 0.25) is 0 Å². The van der Waals surface area contributed by atoms with Crippen LogP contribution in [0.5, 0.6) is 0 Å². The summed E-state index contributed by atoms with van der Waals surface area (Å²) in [6, 6.07) is 8.37. The lowest BCUT2D eigenvalue weighted by Gasteiger charge is -2.18. The Hall–Kier alpha value is -2.56. The maximum absolute atomic E-state index is 12.9. The molecular formula is C26H30N4O3S3. The summed E-state index contributed by atoms with van der Waals surface area (Å²) in [5.41, 5.74) is 2.75. The first-order valence-electron chi connectivity index (χ1n) is 11.8. The summed E-state index contributed by atoms with van der Waals surface area (Å²) >= 11 is 4.50. The van der Waals surface area contributed by atoms with Crippen molar-refractivity contribution in [2.45, 2.75) is 55.5 Å². The van der Waals surface area contributed by atoms with Crippen LogP contribution in [0.3, 0.4) is 0 Å². The first-order valence-corrected chi connectivity index (χ1v) is 14.6. The zero-order chi connectivity index (χ0) is 25.7. The lowest BCUT2D eigenvalue weighted by Crippen LogP contribution is -2.17. The summed E-state index contributed by atoms with van der Waals surface area (Å²) in [5.74, 6) is 1.62. The van der Waals surface area contributed by atoms with E-state index in [1.165, 1.54) is 40.6 Å². The highest BCUT2D eigenvalue weighted by Crippen LogP contribution is 2.40. The van der Waals surface area contributed by atoms with Gasteiger partial charge in [-0.3, -0.25) is 4.79 Å². The fraction of sp³-hybridized carbons (Fsp3) is 0.385. The number of hydrogen-bond acceptors (Lipinski definition) is 8. The first kappa shape index (κ1) is 26.5. The smallest absolute Gasteiger partial charge is 0.341 e. The molecule has 3 aromatic rings. The van der Waals surface area contributed by atoms with Crippen molar-refractivity contribution in [3.8, 4) is 0 Å². The number of aryl methyl sites for hydroxylation is 1. The number of amides is 1. The number of aromatic nitrogens is 3. The molecule has 1 atom stereocenters. The van der Waals surface area contributed by atoms with Crippen LogP contribution < -0.4 is 5.32 Å². The van der Waals surface area contributed by atoms with Gasteiger partial charge in [0.25, 0.3) is 0 Å². The van der Waals surface area contributed by atoms with Gasteiger partial charge in [0.2, 0.25) is 5.91 Å². The van der Waals surface area contributed by atoms with Crippen LogP contribution in [0.15, 0.2) is 47.0 Å². The molecule has 2 heterocycles. The molecule has 0 aliphatic heterocycles. The molecule has 1 N–H and O–H groups in total. The molecule has 1 aromatic carbocycles. The Labute approximate surface area is 224 Å². The van der Waals surface area contributed by atoms with E-state index in [1.807, 2.05) is 4.57 Å². The molecule has 2 aromatic heterocycles. The number of nitrogens with one attached hydrogen (secondary N) is 1. The number of thioether (sulfide) groups is 2. The quantitative estimate of drug-likeness (QED) is 0.198. The number of anilines is 1. The van der Waals surface area contributed by atoms with Crippen LogP contribution in [-0.2, 0) is 34.7 Å². The van der Waals surface area contributed by atoms with Crippen molar-refractivity contribution in [1.29, 1.82) is 0 Å². The Morgan fingerprint density at radius 2 is 2.06 bits per heavy atom. The SMILES string of the molecule is C=CCn1c(CSc2ccc(C)cc2)nnc1SCC(=O)Nc1sc2c(c1C(=O)OC)CCC(C)C2. The standard InChI is InChI=1S/C26H30N4O3S3/c1-5-12-30-21(14-34-18-9-6-16(2)7-10-18)28-29-26(30)35-15-22(31)27-24-23(25(32)33-4)19-11-8-17(3)13-20(19)36-24/h5-7,9-10,17H,1,8,11-15H2,2-4H3,(H,27,31). The van der Waals surface area contributed by atoms with E-state index in [4.69, 9.17) is 4.74 Å². The third-order valence-corrected chi connectivity index (χ3v) is 9.13. The molecule has 1 aliphatic carbocycles. The number of nitrogens with zero attached hydrogens (tertiary/aromatic N) is 3. The van der Waals surface area contributed by atoms with Crippen molar-refractivity contribution in [1.82, 2.24) is 14.8 Å². The van der Waals surface area contributed by atoms with Gasteiger partial charge in [0.15, 0.2) is 5.16 Å². The van der Waals surface area contributed by atoms with Gasteiger partial charge >= 0.3 is 5.97 Å². The molecular weight excluding hydrogens is 513 g/mol. The van der Waals surface area contributed by atoms with Crippen LogP contribution in [0.4, 0.5) is 5.00 Å². The van der Waals surface area contributed by atoms with Gasteiger partial charge in [-0.15, -0.1) is 39.9 Å². The molecule has 1 unspecified atom stereocenters. The second-order valence-electron chi connectivity index (χ2n) is 8.78. The Bertz CT molecular complexity index is 1250. The van der Waals surface area contributed by atoms with E-state index >= 15 is 0 Å². The molecule has 0 radical (unpaired) electrons. The summed E-state index contributed by atoms with van der Waals surface area (Å²) in [6.45, 7) is 8.69. The lowest BCUT2D eigenvalue weighted by molar-refractivity contribution is -0.113. The van der Waals surface area contributed by atoms with E-state index < -0.39 is 5.97 Å². The van der Waals surface area contributed by atoms with E-state index in [9.17, 15) is 9.59 Å². The zero-order valence-corrected chi connectivity index (χ0v) is 23.2. The van der Waals surface area contributed by atoms with Crippen molar-refractivity contribution in [2.75, 3.05) is 18.2 Å². The number of rotatable bonds is 10. The van der Waals surface area contributed by atoms with Crippen molar-refractivity contribution >= 4 is 51.7 Å². The van der Waals surface area contributed by atoms with Gasteiger partial charge in [-0.25, -0.2) is 4.79 Å². The molecule has 4 rings (SSSR count). The van der Waals surface area contributed by atoms with Gasteiger partial charge in [-0.1, -0.05) is 42.5 Å². The van der Waals surface area contributed by atoms with Gasteiger partial charge in [0.05, 0.1) is 24.2 Å². The molecule has 0 bridgehead atoms. The molecule has 36 heavy (non-hydrogen) atoms. The fourth-order valence-corrected chi connectivity index (χ4v) is 7.10. The molecule has 7 nitrogen and oxygen atoms in total. The topological polar surface area (TPSA) is 86.1 Å². The van der Waals surface area contributed by atoms with Crippen molar-refractivity contribution < 1.29 is 14.3 Å². The molecule has 0 fully saturated rings. The minimum atomic E-state index is -0.397. The average molecular weight is 543 g/mol. The van der Waals surface area contributed by atoms with Crippen molar-refractivity contribution in [2.24, 2.45) is 5.92 Å². The minimum absolute atomic E-state index is 0.153. The Morgan fingerprint density at radius 3 is 2.78 bits per heavy atom. The molecule has 0 saturated heterocycles. The highest BCUT2D eigenvalue weighted by molar-refractivity contribution is 7.99. The molecule has 190 valence electrons. The van der Waals surface area contributed by atoms with E-state index in [0.29, 0.717) is 33.9 Å². The lowest BCUT2D eigenvalue weighted by atomic mass is 9.88. The number of esters is 1. The third-order valence-electron chi connectivity index (χ3n) is 5.98. The van der Waals surface area contributed by atoms with Gasteiger partial charge < -0.3 is 14.6 Å². The molecule has 10 heteroatoms. The van der Waals surface area contributed by atoms with Crippen molar-refractivity contribution in [3.05, 3.63) is 64.3 Å². The third kappa shape index (κ3) is 6.22. The monoisotopic (exact) mass is 542 g/mol. The van der Waals surface area contributed by atoms with Gasteiger partial charge in [-0.2, -0.15) is 0 Å². The number of hydrogen-bond donors (Lipinski definition) is 1. The first-order chi connectivity index (χ1) is 17.4. The highest BCUT2D eigenvalue weighted by atomic mass is 32.2. The van der Waals surface area contributed by atoms with E-state index in [2.05, 4.69) is 60.2 Å². The number of fused-ring (bicyclic) bond motifs is 1. The summed E-state index contributed by atoms with van der Waals surface area (Å²) in [4.78, 5) is 27.7. The predicted molar refractivity (Wildman–Crippen MR) is 147 cm³/mol. The van der Waals surface area contributed by atoms with Crippen LogP contribution in [0.25, 0.3) is 0 Å². The van der Waals surface area contributed by atoms with Gasteiger partial charge in [0.1, 0.15) is 10.8 Å². The Kier molecular flexibility index (Phi) is 8.92. The summed E-state index contributed by atoms with van der Waals surface area (Å²) in [6.07, 6.45) is 4.58. The maximum atomic E-state index is 12.9. The summed E-state index contributed by atoms with van der Waals surface area (Å²) in [7, 11) is 1.38. The Balaban J connectivity index is 1.42. The number of benzene rings is 1. The van der Waals surface area contributed by atoms with Crippen LogP contribution >= 0.6 is 34.9 Å². The second-order valence-corrected chi connectivity index (χ2v) is 11.9. The molecule has 1 amide bonds. The zero-order valence-electron chi connectivity index (χ0n) is 20.7. The number of ether oxygens (including phenoxy) is 1.